The second-order valence-electron chi connectivity index (χ2n) is 6.29. The Morgan fingerprint density at radius 1 is 1.15 bits per heavy atom. The van der Waals surface area contributed by atoms with Crippen LogP contribution >= 0.6 is 0 Å². The van der Waals surface area contributed by atoms with E-state index in [9.17, 15) is 20.0 Å². The van der Waals surface area contributed by atoms with Crippen LogP contribution in [0, 0.1) is 16.0 Å². The van der Waals surface area contributed by atoms with E-state index in [0.717, 1.165) is 0 Å². The van der Waals surface area contributed by atoms with Crippen LogP contribution < -0.4 is 0 Å². The van der Waals surface area contributed by atoms with Gasteiger partial charge in [-0.1, -0.05) is 37.3 Å². The zero-order valence-electron chi connectivity index (χ0n) is 14.9. The minimum absolute atomic E-state index is 0.0345. The van der Waals surface area contributed by atoms with E-state index in [1.807, 2.05) is 6.07 Å². The topological polar surface area (TPSA) is 98.9 Å². The Bertz CT molecular complexity index is 875. The molecule has 3 atom stereocenters. The summed E-state index contributed by atoms with van der Waals surface area (Å²) in [7, 11) is 1.48. The van der Waals surface area contributed by atoms with Crippen molar-refractivity contribution in [3.05, 3.63) is 87.2 Å². The van der Waals surface area contributed by atoms with Gasteiger partial charge in [0.2, 0.25) is 0 Å². The van der Waals surface area contributed by atoms with E-state index in [4.69, 9.17) is 9.47 Å². The van der Waals surface area contributed by atoms with Gasteiger partial charge in [0.1, 0.15) is 5.76 Å². The van der Waals surface area contributed by atoms with Crippen molar-refractivity contribution >= 4 is 11.7 Å². The summed E-state index contributed by atoms with van der Waals surface area (Å²) in [4.78, 5) is 22.8. The first-order valence-electron chi connectivity index (χ1n) is 8.40. The summed E-state index contributed by atoms with van der Waals surface area (Å²) in [5.41, 5.74) is 1.45. The van der Waals surface area contributed by atoms with E-state index >= 15 is 0 Å². The van der Waals surface area contributed by atoms with Crippen LogP contribution in [0.25, 0.3) is 0 Å². The van der Waals surface area contributed by atoms with Crippen molar-refractivity contribution in [3.8, 4) is 0 Å². The first kappa shape index (κ1) is 18.6. The highest BCUT2D eigenvalue weighted by molar-refractivity contribution is 5.92. The van der Waals surface area contributed by atoms with E-state index in [2.05, 4.69) is 0 Å². The Morgan fingerprint density at radius 2 is 1.78 bits per heavy atom. The number of rotatable bonds is 6. The van der Waals surface area contributed by atoms with Gasteiger partial charge in [-0.25, -0.2) is 4.79 Å². The molecule has 0 saturated heterocycles. The van der Waals surface area contributed by atoms with Crippen molar-refractivity contribution in [3.63, 3.8) is 0 Å². The second-order valence-corrected chi connectivity index (χ2v) is 6.29. The molecule has 27 heavy (non-hydrogen) atoms. The minimum Gasteiger partial charge on any atom is -0.507 e. The first-order valence-corrected chi connectivity index (χ1v) is 8.40. The molecule has 1 N–H and O–H groups in total. The van der Waals surface area contributed by atoms with Crippen LogP contribution in [0.4, 0.5) is 5.69 Å². The van der Waals surface area contributed by atoms with Gasteiger partial charge in [-0.3, -0.25) is 10.1 Å². The maximum absolute atomic E-state index is 12.4. The van der Waals surface area contributed by atoms with Crippen LogP contribution in [0.2, 0.25) is 0 Å². The van der Waals surface area contributed by atoms with E-state index in [1.165, 1.54) is 19.2 Å². The summed E-state index contributed by atoms with van der Waals surface area (Å²) >= 11 is 0. The molecular weight excluding hydrogens is 350 g/mol. The summed E-state index contributed by atoms with van der Waals surface area (Å²) in [6.45, 7) is 1.75. The highest BCUT2D eigenvalue weighted by Gasteiger charge is 2.40. The predicted molar refractivity (Wildman–Crippen MR) is 96.9 cm³/mol. The molecule has 1 unspecified atom stereocenters. The van der Waals surface area contributed by atoms with E-state index in [-0.39, 0.29) is 17.0 Å². The number of aliphatic hydroxyl groups excluding tert-OH is 1. The Morgan fingerprint density at radius 3 is 2.33 bits per heavy atom. The maximum Gasteiger partial charge on any atom is 0.339 e. The van der Waals surface area contributed by atoms with Crippen molar-refractivity contribution in [2.24, 2.45) is 5.92 Å². The van der Waals surface area contributed by atoms with Crippen molar-refractivity contribution in [1.82, 2.24) is 0 Å². The molecule has 0 aliphatic carbocycles. The van der Waals surface area contributed by atoms with Gasteiger partial charge in [0.25, 0.3) is 5.69 Å². The summed E-state index contributed by atoms with van der Waals surface area (Å²) in [6, 6.07) is 14.9. The molecule has 1 aliphatic heterocycles. The molecule has 7 heteroatoms. The number of carbonyl (C=O) groups is 1. The van der Waals surface area contributed by atoms with Gasteiger partial charge in [-0.15, -0.1) is 0 Å². The van der Waals surface area contributed by atoms with Crippen LogP contribution in [0.15, 0.2) is 65.9 Å². The number of hydrogen-bond acceptors (Lipinski definition) is 6. The number of nitro benzene ring substituents is 1. The van der Waals surface area contributed by atoms with Crippen molar-refractivity contribution < 1.29 is 24.3 Å². The van der Waals surface area contributed by atoms with Gasteiger partial charge in [0.15, 0.2) is 6.10 Å². The SMILES string of the molecule is CO[C@H](c1ccc([N+](=O)[O-])cc1)[C@H](C)C1=C(O)C(c2ccccc2)OC1=O. The molecule has 3 rings (SSSR count). The number of nitrogens with zero attached hydrogens (tertiary/aromatic N) is 1. The molecule has 0 saturated carbocycles. The Balaban J connectivity index is 1.92. The maximum atomic E-state index is 12.4. The summed E-state index contributed by atoms with van der Waals surface area (Å²) in [5, 5.41) is 21.5. The van der Waals surface area contributed by atoms with E-state index in [1.54, 1.807) is 43.3 Å². The lowest BCUT2D eigenvalue weighted by Crippen LogP contribution is -2.18. The number of benzene rings is 2. The van der Waals surface area contributed by atoms with Gasteiger partial charge in [0.05, 0.1) is 16.6 Å². The van der Waals surface area contributed by atoms with Crippen LogP contribution in [-0.2, 0) is 14.3 Å². The number of carbonyl (C=O) groups excluding carboxylic acids is 1. The molecule has 1 aliphatic rings. The average Bonchev–Trinajstić information content (AvgIpc) is 2.97. The molecule has 0 spiro atoms. The molecule has 7 nitrogen and oxygen atoms in total. The lowest BCUT2D eigenvalue weighted by molar-refractivity contribution is -0.384. The van der Waals surface area contributed by atoms with Crippen LogP contribution in [-0.4, -0.2) is 23.1 Å². The fourth-order valence-corrected chi connectivity index (χ4v) is 3.31. The van der Waals surface area contributed by atoms with Gasteiger partial charge in [-0.05, 0) is 17.7 Å². The largest absolute Gasteiger partial charge is 0.507 e. The van der Waals surface area contributed by atoms with Gasteiger partial charge in [0, 0.05) is 30.7 Å². The quantitative estimate of drug-likeness (QED) is 0.469. The van der Waals surface area contributed by atoms with Crippen LogP contribution in [0.5, 0.6) is 0 Å². The summed E-state index contributed by atoms with van der Waals surface area (Å²) < 4.78 is 10.9. The lowest BCUT2D eigenvalue weighted by Gasteiger charge is -2.22. The highest BCUT2D eigenvalue weighted by Crippen LogP contribution is 2.41. The lowest BCUT2D eigenvalue weighted by atomic mass is 9.89. The van der Waals surface area contributed by atoms with Crippen molar-refractivity contribution in [2.75, 3.05) is 7.11 Å². The average molecular weight is 369 g/mol. The molecular formula is C20H19NO6. The zero-order chi connectivity index (χ0) is 19.6. The molecule has 0 fully saturated rings. The van der Waals surface area contributed by atoms with Crippen LogP contribution in [0.3, 0.4) is 0 Å². The third kappa shape index (κ3) is 3.54. The Hall–Kier alpha value is -3.19. The molecule has 140 valence electrons. The zero-order valence-corrected chi connectivity index (χ0v) is 14.9. The molecule has 0 amide bonds. The number of hydrogen-bond donors (Lipinski definition) is 1. The molecule has 0 aromatic heterocycles. The highest BCUT2D eigenvalue weighted by atomic mass is 16.6. The third-order valence-electron chi connectivity index (χ3n) is 4.67. The van der Waals surface area contributed by atoms with Gasteiger partial charge >= 0.3 is 5.97 Å². The smallest absolute Gasteiger partial charge is 0.339 e. The number of non-ortho nitro benzene ring substituents is 1. The second kappa shape index (κ2) is 7.59. The normalized spacial score (nSPS) is 18.9. The Labute approximate surface area is 156 Å². The molecule has 2 aromatic carbocycles. The van der Waals surface area contributed by atoms with Crippen LogP contribution in [0.1, 0.15) is 30.3 Å². The summed E-state index contributed by atoms with van der Waals surface area (Å²) in [5.74, 6) is -1.25. The molecule has 0 radical (unpaired) electrons. The third-order valence-corrected chi connectivity index (χ3v) is 4.67. The van der Waals surface area contributed by atoms with Gasteiger partial charge in [-0.2, -0.15) is 0 Å². The van der Waals surface area contributed by atoms with E-state index in [0.29, 0.717) is 11.1 Å². The number of aliphatic hydroxyl groups is 1. The number of ether oxygens (including phenoxy) is 2. The van der Waals surface area contributed by atoms with Gasteiger partial charge < -0.3 is 14.6 Å². The molecule has 0 bridgehead atoms. The summed E-state index contributed by atoms with van der Waals surface area (Å²) in [6.07, 6.45) is -1.42. The number of nitro groups is 1. The molecule has 1 heterocycles. The Kier molecular flexibility index (Phi) is 5.23. The molecule has 2 aromatic rings. The fraction of sp³-hybridized carbons (Fsp3) is 0.250. The van der Waals surface area contributed by atoms with E-state index < -0.39 is 29.0 Å². The number of methoxy groups -OCH3 is 1. The fourth-order valence-electron chi connectivity index (χ4n) is 3.31. The van der Waals surface area contributed by atoms with Crippen molar-refractivity contribution in [2.45, 2.75) is 19.1 Å². The number of esters is 1. The van der Waals surface area contributed by atoms with Crippen molar-refractivity contribution in [1.29, 1.82) is 0 Å². The number of cyclic esters (lactones) is 1. The monoisotopic (exact) mass is 369 g/mol. The predicted octanol–water partition coefficient (Wildman–Crippen LogP) is 4.03. The first-order chi connectivity index (χ1) is 12.9. The standard InChI is InChI=1S/C20H19NO6/c1-12(18(26-2)14-8-10-15(11-9-14)21(24)25)16-17(22)19(27-20(16)23)13-6-4-3-5-7-13/h3-12,18-19,22H,1-2H3/t12-,18+,19?/m1/s1. The minimum atomic E-state index is -0.842.